The molecule has 0 aliphatic rings. The number of hydrogen-bond acceptors (Lipinski definition) is 3. The van der Waals surface area contributed by atoms with E-state index in [1.165, 1.54) is 0 Å². The maximum absolute atomic E-state index is 8.59. The number of aliphatic hydroxyl groups excluding tert-OH is 1. The van der Waals surface area contributed by atoms with Gasteiger partial charge in [-0.15, -0.1) is 0 Å². The van der Waals surface area contributed by atoms with E-state index in [0.717, 1.165) is 20.9 Å². The van der Waals surface area contributed by atoms with Crippen molar-refractivity contribution in [2.45, 2.75) is 6.42 Å². The summed E-state index contributed by atoms with van der Waals surface area (Å²) < 4.78 is 6.17. The molecule has 2 aromatic heterocycles. The number of ether oxygens (including phenoxy) is 1. The van der Waals surface area contributed by atoms with Gasteiger partial charge in [0.15, 0.2) is 0 Å². The Morgan fingerprint density at radius 1 is 1.44 bits per heavy atom. The van der Waals surface area contributed by atoms with Crippen molar-refractivity contribution in [3.8, 4) is 11.8 Å². The van der Waals surface area contributed by atoms with E-state index in [1.807, 2.05) is 6.20 Å². The summed E-state index contributed by atoms with van der Waals surface area (Å²) in [5.74, 6) is 6.01. The lowest BCUT2D eigenvalue weighted by molar-refractivity contribution is 0.142. The van der Waals surface area contributed by atoms with Crippen LogP contribution in [0.2, 0.25) is 0 Å². The molecule has 0 atom stereocenters. The first-order valence-corrected chi connectivity index (χ1v) is 6.40. The van der Waals surface area contributed by atoms with Gasteiger partial charge in [-0.05, 0) is 22.4 Å². The van der Waals surface area contributed by atoms with Crippen LogP contribution in [0.1, 0.15) is 12.0 Å². The van der Waals surface area contributed by atoms with Crippen LogP contribution in [0.4, 0.5) is 0 Å². The molecule has 0 radical (unpaired) electrons. The predicted molar refractivity (Wildman–Crippen MR) is 73.2 cm³/mol. The van der Waals surface area contributed by atoms with E-state index < -0.39 is 0 Å². The van der Waals surface area contributed by atoms with Crippen LogP contribution in [0.15, 0.2) is 23.1 Å². The maximum atomic E-state index is 8.59. The highest BCUT2D eigenvalue weighted by atomic mass is 79.9. The smallest absolute Gasteiger partial charge is 0.108 e. The fraction of sp³-hybridized carbons (Fsp3) is 0.308. The molecule has 5 heteroatoms. The molecule has 0 spiro atoms. The maximum Gasteiger partial charge on any atom is 0.108 e. The molecule has 2 heterocycles. The highest BCUT2D eigenvalue weighted by Gasteiger charge is 2.04. The van der Waals surface area contributed by atoms with E-state index in [0.29, 0.717) is 19.6 Å². The summed E-state index contributed by atoms with van der Waals surface area (Å²) in [7, 11) is 0. The Kier molecular flexibility index (Phi) is 4.76. The number of H-pyrrole nitrogens is 1. The van der Waals surface area contributed by atoms with Crippen LogP contribution < -0.4 is 0 Å². The monoisotopic (exact) mass is 308 g/mol. The van der Waals surface area contributed by atoms with Crippen molar-refractivity contribution in [2.75, 3.05) is 19.8 Å². The van der Waals surface area contributed by atoms with Crippen LogP contribution in [0, 0.1) is 11.8 Å². The van der Waals surface area contributed by atoms with Gasteiger partial charge in [0.25, 0.3) is 0 Å². The molecule has 0 amide bonds. The van der Waals surface area contributed by atoms with Crippen molar-refractivity contribution in [1.29, 1.82) is 0 Å². The Balaban J connectivity index is 2.06. The third-order valence-corrected chi connectivity index (χ3v) is 2.99. The third-order valence-electron chi connectivity index (χ3n) is 2.39. The molecule has 2 rings (SSSR count). The molecular formula is C13H13BrN2O2. The van der Waals surface area contributed by atoms with Crippen molar-refractivity contribution >= 4 is 26.8 Å². The van der Waals surface area contributed by atoms with Gasteiger partial charge >= 0.3 is 0 Å². The number of aliphatic hydroxyl groups is 1. The summed E-state index contributed by atoms with van der Waals surface area (Å²) >= 11 is 3.46. The van der Waals surface area contributed by atoms with Gasteiger partial charge in [0.2, 0.25) is 0 Å². The van der Waals surface area contributed by atoms with Crippen molar-refractivity contribution in [1.82, 2.24) is 9.97 Å². The molecule has 0 unspecified atom stereocenters. The summed E-state index contributed by atoms with van der Waals surface area (Å²) in [6.07, 6.45) is 6.02. The van der Waals surface area contributed by atoms with E-state index in [4.69, 9.17) is 9.84 Å². The van der Waals surface area contributed by atoms with Gasteiger partial charge in [-0.25, -0.2) is 0 Å². The van der Waals surface area contributed by atoms with Crippen LogP contribution >= 0.6 is 15.9 Å². The molecule has 94 valence electrons. The zero-order chi connectivity index (χ0) is 12.8. The standard InChI is InChI=1S/C13H13BrN2O2/c14-11-8-15-9-12-13(11)10(7-16-12)3-1-5-18-6-2-4-17/h7-9,16-17H,2,4-6H2. The second kappa shape index (κ2) is 6.55. The first kappa shape index (κ1) is 13.1. The minimum atomic E-state index is 0.149. The second-order valence-electron chi connectivity index (χ2n) is 3.68. The Morgan fingerprint density at radius 3 is 3.17 bits per heavy atom. The average molecular weight is 309 g/mol. The summed E-state index contributed by atoms with van der Waals surface area (Å²) in [4.78, 5) is 7.20. The fourth-order valence-corrected chi connectivity index (χ4v) is 2.11. The number of nitrogens with one attached hydrogen (secondary N) is 1. The highest BCUT2D eigenvalue weighted by Crippen LogP contribution is 2.24. The van der Waals surface area contributed by atoms with Crippen molar-refractivity contribution < 1.29 is 9.84 Å². The second-order valence-corrected chi connectivity index (χ2v) is 4.53. The molecule has 4 nitrogen and oxygen atoms in total. The van der Waals surface area contributed by atoms with Crippen LogP contribution in [-0.2, 0) is 4.74 Å². The van der Waals surface area contributed by atoms with Gasteiger partial charge in [0.1, 0.15) is 6.61 Å². The average Bonchev–Trinajstić information content (AvgIpc) is 2.78. The Hall–Kier alpha value is -1.35. The van der Waals surface area contributed by atoms with Crippen LogP contribution in [-0.4, -0.2) is 34.9 Å². The number of hydrogen-bond donors (Lipinski definition) is 2. The number of fused-ring (bicyclic) bond motifs is 1. The van der Waals surface area contributed by atoms with Gasteiger partial charge in [0.05, 0.1) is 23.9 Å². The fourth-order valence-electron chi connectivity index (χ4n) is 1.56. The lowest BCUT2D eigenvalue weighted by Gasteiger charge is -1.95. The Bertz CT molecular complexity index is 583. The molecule has 18 heavy (non-hydrogen) atoms. The summed E-state index contributed by atoms with van der Waals surface area (Å²) in [5.41, 5.74) is 1.87. The van der Waals surface area contributed by atoms with Gasteiger partial charge in [-0.2, -0.15) is 0 Å². The summed E-state index contributed by atoms with van der Waals surface area (Å²) in [6.45, 7) is 1.05. The lowest BCUT2D eigenvalue weighted by Crippen LogP contribution is -1.96. The van der Waals surface area contributed by atoms with E-state index in [1.54, 1.807) is 12.4 Å². The van der Waals surface area contributed by atoms with Gasteiger partial charge in [-0.3, -0.25) is 4.98 Å². The van der Waals surface area contributed by atoms with Crippen LogP contribution in [0.5, 0.6) is 0 Å². The Labute approximate surface area is 114 Å². The lowest BCUT2D eigenvalue weighted by atomic mass is 10.2. The van der Waals surface area contributed by atoms with Crippen LogP contribution in [0.25, 0.3) is 10.9 Å². The first-order valence-electron chi connectivity index (χ1n) is 5.61. The van der Waals surface area contributed by atoms with Crippen LogP contribution in [0.3, 0.4) is 0 Å². The molecule has 0 aromatic carbocycles. The third kappa shape index (κ3) is 3.10. The SMILES string of the molecule is OCCCOCC#Cc1c[nH]c2cncc(Br)c12. The minimum absolute atomic E-state index is 0.149. The molecule has 0 saturated heterocycles. The van der Waals surface area contributed by atoms with E-state index >= 15 is 0 Å². The zero-order valence-corrected chi connectivity index (χ0v) is 11.3. The van der Waals surface area contributed by atoms with Gasteiger partial charge in [-0.1, -0.05) is 11.8 Å². The molecule has 0 aliphatic carbocycles. The minimum Gasteiger partial charge on any atom is -0.396 e. The van der Waals surface area contributed by atoms with Crippen molar-refractivity contribution in [2.24, 2.45) is 0 Å². The number of pyridine rings is 1. The quantitative estimate of drug-likeness (QED) is 0.671. The predicted octanol–water partition coefficient (Wildman–Crippen LogP) is 2.08. The highest BCUT2D eigenvalue weighted by molar-refractivity contribution is 9.10. The normalized spacial score (nSPS) is 10.3. The topological polar surface area (TPSA) is 58.1 Å². The van der Waals surface area contributed by atoms with E-state index in [-0.39, 0.29) is 6.61 Å². The van der Waals surface area contributed by atoms with Gasteiger partial charge in [0, 0.05) is 28.9 Å². The number of aromatic amines is 1. The van der Waals surface area contributed by atoms with E-state index in [9.17, 15) is 0 Å². The molecule has 2 N–H and O–H groups in total. The largest absolute Gasteiger partial charge is 0.396 e. The van der Waals surface area contributed by atoms with Crippen molar-refractivity contribution in [3.05, 3.63) is 28.6 Å². The molecule has 0 aliphatic heterocycles. The van der Waals surface area contributed by atoms with Crippen molar-refractivity contribution in [3.63, 3.8) is 0 Å². The molecule has 0 bridgehead atoms. The number of halogens is 1. The summed E-state index contributed by atoms with van der Waals surface area (Å²) in [5, 5.41) is 9.63. The van der Waals surface area contributed by atoms with E-state index in [2.05, 4.69) is 37.7 Å². The molecule has 0 saturated carbocycles. The summed E-state index contributed by atoms with van der Waals surface area (Å²) in [6, 6.07) is 0. The van der Waals surface area contributed by atoms with Gasteiger partial charge < -0.3 is 14.8 Å². The number of rotatable bonds is 4. The molecule has 0 fully saturated rings. The number of nitrogens with zero attached hydrogens (tertiary/aromatic N) is 1. The molecule has 2 aromatic rings. The zero-order valence-electron chi connectivity index (χ0n) is 9.74. The first-order chi connectivity index (χ1) is 8.83. The molecular weight excluding hydrogens is 296 g/mol. The number of aromatic nitrogens is 2. The Morgan fingerprint density at radius 2 is 2.33 bits per heavy atom.